The van der Waals surface area contributed by atoms with E-state index in [0.29, 0.717) is 18.4 Å². The number of aryl methyl sites for hydroxylation is 1. The number of likely N-dealkylation sites (tertiary alicyclic amines) is 1. The van der Waals surface area contributed by atoms with Crippen molar-refractivity contribution < 1.29 is 9.90 Å². The van der Waals surface area contributed by atoms with E-state index in [1.54, 1.807) is 0 Å². The molecular weight excluding hydrogens is 342 g/mol. The molecule has 7 heteroatoms. The van der Waals surface area contributed by atoms with Crippen molar-refractivity contribution >= 4 is 5.91 Å². The van der Waals surface area contributed by atoms with Gasteiger partial charge in [0.1, 0.15) is 0 Å². The molecule has 2 fully saturated rings. The quantitative estimate of drug-likeness (QED) is 0.706. The molecule has 0 radical (unpaired) electrons. The van der Waals surface area contributed by atoms with Gasteiger partial charge in [-0.3, -0.25) is 14.8 Å². The number of aromatic amines is 1. The van der Waals surface area contributed by atoms with Crippen molar-refractivity contribution in [2.45, 2.75) is 44.6 Å². The number of carbonyl (C=O) groups excluding carboxylic acids is 1. The molecule has 3 heterocycles. The molecule has 1 aromatic heterocycles. The van der Waals surface area contributed by atoms with Gasteiger partial charge in [0.05, 0.1) is 6.20 Å². The third kappa shape index (κ3) is 5.77. The zero-order valence-corrected chi connectivity index (χ0v) is 16.6. The molecule has 2 atom stereocenters. The number of piperazine rings is 1. The number of hydrogen-bond donors (Lipinski definition) is 2. The lowest BCUT2D eigenvalue weighted by Gasteiger charge is -2.46. The fourth-order valence-corrected chi connectivity index (χ4v) is 4.53. The van der Waals surface area contributed by atoms with Gasteiger partial charge in [0.2, 0.25) is 5.91 Å². The first-order valence-corrected chi connectivity index (χ1v) is 10.5. The van der Waals surface area contributed by atoms with Crippen LogP contribution in [0.1, 0.15) is 37.7 Å². The molecule has 2 saturated heterocycles. The molecule has 0 unspecified atom stereocenters. The van der Waals surface area contributed by atoms with Crippen LogP contribution in [-0.4, -0.2) is 94.9 Å². The molecule has 27 heavy (non-hydrogen) atoms. The van der Waals surface area contributed by atoms with E-state index in [-0.39, 0.29) is 12.5 Å². The number of rotatable bonds is 8. The SMILES string of the molecule is CN1CCN([C@@H]2CCN(C(=O)CCCc3cn[nH]c3)C[C@@H]2CCCO)CC1. The van der Waals surface area contributed by atoms with Crippen LogP contribution in [0.25, 0.3) is 0 Å². The van der Waals surface area contributed by atoms with E-state index >= 15 is 0 Å². The summed E-state index contributed by atoms with van der Waals surface area (Å²) in [4.78, 5) is 19.8. The summed E-state index contributed by atoms with van der Waals surface area (Å²) in [7, 11) is 2.19. The fraction of sp³-hybridized carbons (Fsp3) is 0.800. The lowest BCUT2D eigenvalue weighted by molar-refractivity contribution is -0.134. The van der Waals surface area contributed by atoms with Gasteiger partial charge in [-0.15, -0.1) is 0 Å². The number of nitrogens with one attached hydrogen (secondary N) is 1. The van der Waals surface area contributed by atoms with Crippen LogP contribution >= 0.6 is 0 Å². The minimum Gasteiger partial charge on any atom is -0.396 e. The first-order valence-electron chi connectivity index (χ1n) is 10.5. The summed E-state index contributed by atoms with van der Waals surface area (Å²) >= 11 is 0. The molecule has 2 N–H and O–H groups in total. The van der Waals surface area contributed by atoms with Gasteiger partial charge < -0.3 is 14.9 Å². The van der Waals surface area contributed by atoms with Crippen LogP contribution in [0.4, 0.5) is 0 Å². The Hall–Kier alpha value is -1.44. The molecular formula is C20H35N5O2. The standard InChI is InChI=1S/C20H35N5O2/c1-23-9-11-24(12-10-23)19-7-8-25(16-18(19)5-3-13-26)20(27)6-2-4-17-14-21-22-15-17/h14-15,18-19,26H,2-13,16H2,1H3,(H,21,22)/t18-,19+/m0/s1. The molecule has 0 bridgehead atoms. The Morgan fingerprint density at radius 2 is 2.07 bits per heavy atom. The number of aromatic nitrogens is 2. The Morgan fingerprint density at radius 1 is 1.26 bits per heavy atom. The van der Waals surface area contributed by atoms with Gasteiger partial charge in [-0.1, -0.05) is 0 Å². The summed E-state index contributed by atoms with van der Waals surface area (Å²) in [5.41, 5.74) is 1.16. The number of amides is 1. The summed E-state index contributed by atoms with van der Waals surface area (Å²) in [5.74, 6) is 0.761. The molecule has 2 aliphatic heterocycles. The third-order valence-corrected chi connectivity index (χ3v) is 6.20. The van der Waals surface area contributed by atoms with Crippen LogP contribution < -0.4 is 0 Å². The zero-order valence-electron chi connectivity index (χ0n) is 16.6. The summed E-state index contributed by atoms with van der Waals surface area (Å²) in [6.45, 7) is 6.45. The molecule has 2 aliphatic rings. The largest absolute Gasteiger partial charge is 0.396 e. The first-order chi connectivity index (χ1) is 13.2. The van der Waals surface area contributed by atoms with Gasteiger partial charge in [-0.25, -0.2) is 0 Å². The van der Waals surface area contributed by atoms with Gasteiger partial charge in [-0.05, 0) is 50.6 Å². The highest BCUT2D eigenvalue weighted by atomic mass is 16.3. The Bertz CT molecular complexity index is 557. The Morgan fingerprint density at radius 3 is 2.78 bits per heavy atom. The number of piperidine rings is 1. The number of likely N-dealkylation sites (N-methyl/N-ethyl adjacent to an activating group) is 1. The van der Waals surface area contributed by atoms with Gasteiger partial charge >= 0.3 is 0 Å². The van der Waals surface area contributed by atoms with Gasteiger partial charge in [0, 0.05) is 64.5 Å². The van der Waals surface area contributed by atoms with Crippen LogP contribution in [0, 0.1) is 5.92 Å². The highest BCUT2D eigenvalue weighted by Crippen LogP contribution is 2.27. The van der Waals surface area contributed by atoms with E-state index < -0.39 is 0 Å². The van der Waals surface area contributed by atoms with Crippen molar-refractivity contribution in [3.8, 4) is 0 Å². The zero-order chi connectivity index (χ0) is 19.1. The van der Waals surface area contributed by atoms with Crippen molar-refractivity contribution in [2.24, 2.45) is 5.92 Å². The highest BCUT2D eigenvalue weighted by Gasteiger charge is 2.35. The van der Waals surface area contributed by atoms with Gasteiger partial charge in [0.25, 0.3) is 0 Å². The van der Waals surface area contributed by atoms with Crippen LogP contribution in [-0.2, 0) is 11.2 Å². The van der Waals surface area contributed by atoms with Gasteiger partial charge in [-0.2, -0.15) is 5.10 Å². The predicted octanol–water partition coefficient (Wildman–Crippen LogP) is 0.969. The van der Waals surface area contributed by atoms with E-state index in [1.807, 2.05) is 12.4 Å². The lowest BCUT2D eigenvalue weighted by atomic mass is 9.86. The molecule has 1 aromatic rings. The van der Waals surface area contributed by atoms with Crippen molar-refractivity contribution in [1.82, 2.24) is 24.9 Å². The monoisotopic (exact) mass is 377 g/mol. The molecule has 3 rings (SSSR count). The Kier molecular flexibility index (Phi) is 7.67. The second-order valence-corrected chi connectivity index (χ2v) is 8.12. The predicted molar refractivity (Wildman–Crippen MR) is 105 cm³/mol. The minimum atomic E-state index is 0.241. The van der Waals surface area contributed by atoms with E-state index in [0.717, 1.165) is 76.9 Å². The fourth-order valence-electron chi connectivity index (χ4n) is 4.53. The van der Waals surface area contributed by atoms with E-state index in [4.69, 9.17) is 0 Å². The molecule has 152 valence electrons. The molecule has 0 spiro atoms. The number of aliphatic hydroxyl groups excluding tert-OH is 1. The van der Waals surface area contributed by atoms with Crippen molar-refractivity contribution in [3.63, 3.8) is 0 Å². The second kappa shape index (κ2) is 10.2. The molecule has 0 aliphatic carbocycles. The third-order valence-electron chi connectivity index (χ3n) is 6.20. The van der Waals surface area contributed by atoms with Crippen LogP contribution in [0.2, 0.25) is 0 Å². The van der Waals surface area contributed by atoms with Crippen molar-refractivity contribution in [2.75, 3.05) is 52.9 Å². The molecule has 0 saturated carbocycles. The number of nitrogens with zero attached hydrogens (tertiary/aromatic N) is 4. The topological polar surface area (TPSA) is 75.7 Å². The van der Waals surface area contributed by atoms with Crippen LogP contribution in [0.15, 0.2) is 12.4 Å². The van der Waals surface area contributed by atoms with E-state index in [1.165, 1.54) is 0 Å². The summed E-state index contributed by atoms with van der Waals surface area (Å²) in [6, 6.07) is 0.556. The number of carbonyl (C=O) groups is 1. The first kappa shape index (κ1) is 20.3. The lowest BCUT2D eigenvalue weighted by Crippen LogP contribution is -2.56. The highest BCUT2D eigenvalue weighted by molar-refractivity contribution is 5.76. The number of hydrogen-bond acceptors (Lipinski definition) is 5. The molecule has 1 amide bonds. The average molecular weight is 378 g/mol. The van der Waals surface area contributed by atoms with Crippen molar-refractivity contribution in [1.29, 1.82) is 0 Å². The normalized spacial score (nSPS) is 25.0. The molecule has 0 aromatic carbocycles. The van der Waals surface area contributed by atoms with Crippen molar-refractivity contribution in [3.05, 3.63) is 18.0 Å². The summed E-state index contributed by atoms with van der Waals surface area (Å²) in [6.07, 6.45) is 9.01. The summed E-state index contributed by atoms with van der Waals surface area (Å²) in [5, 5.41) is 16.1. The average Bonchev–Trinajstić information content (AvgIpc) is 3.20. The number of H-pyrrole nitrogens is 1. The second-order valence-electron chi connectivity index (χ2n) is 8.12. The maximum Gasteiger partial charge on any atom is 0.222 e. The molecule has 7 nitrogen and oxygen atoms in total. The summed E-state index contributed by atoms with van der Waals surface area (Å²) < 4.78 is 0. The van der Waals surface area contributed by atoms with E-state index in [9.17, 15) is 9.90 Å². The van der Waals surface area contributed by atoms with E-state index in [2.05, 4.69) is 31.9 Å². The Labute approximate surface area is 162 Å². The maximum absolute atomic E-state index is 12.7. The van der Waals surface area contributed by atoms with Crippen LogP contribution in [0.3, 0.4) is 0 Å². The van der Waals surface area contributed by atoms with Gasteiger partial charge in [0.15, 0.2) is 0 Å². The van der Waals surface area contributed by atoms with Crippen LogP contribution in [0.5, 0.6) is 0 Å². The minimum absolute atomic E-state index is 0.241. The maximum atomic E-state index is 12.7. The number of aliphatic hydroxyl groups is 1. The smallest absolute Gasteiger partial charge is 0.222 e. The Balaban J connectivity index is 1.50.